The van der Waals surface area contributed by atoms with Gasteiger partial charge >= 0.3 is 0 Å². The summed E-state index contributed by atoms with van der Waals surface area (Å²) in [6.45, 7) is -0.0724. The molecule has 2 fully saturated rings. The van der Waals surface area contributed by atoms with Crippen LogP contribution in [0.25, 0.3) is 0 Å². The van der Waals surface area contributed by atoms with Crippen LogP contribution in [0.5, 0.6) is 5.75 Å². The van der Waals surface area contributed by atoms with Gasteiger partial charge in [0.1, 0.15) is 11.7 Å². The Morgan fingerprint density at radius 3 is 2.20 bits per heavy atom. The van der Waals surface area contributed by atoms with E-state index in [9.17, 15) is 39.1 Å². The average molecular weight is 611 g/mol. The van der Waals surface area contributed by atoms with Crippen LogP contribution in [0.15, 0.2) is 6.07 Å². The van der Waals surface area contributed by atoms with E-state index in [1.165, 1.54) is 19.0 Å². The number of carbonyl (C=O) groups excluding carboxylic acids is 6. The standard InChI is InChI=1S/C29H38N8O7/c1-35(2)10-16(38)34-9-13-7-15(36(3)4)14-8-27(32)11-29(33)23(37(5)6)22(41)18(26(31)44)24(42)28(29,12-30)25(43)19(27)21(40)17(14)20(13)39/h7,18-19,23,39H,8-11,32-33H2,1-6H3,(H2,31,44)(H,34,38)/t18?,19?,23-,27-,28+,29-/m1/s1. The smallest absolute Gasteiger partial charge is 0.235 e. The van der Waals surface area contributed by atoms with Crippen LogP contribution < -0.4 is 27.4 Å². The summed E-state index contributed by atoms with van der Waals surface area (Å²) in [7, 11) is 9.69. The molecule has 4 rings (SSSR count). The van der Waals surface area contributed by atoms with Gasteiger partial charge in [0.2, 0.25) is 11.8 Å². The van der Waals surface area contributed by atoms with Crippen LogP contribution in [0.2, 0.25) is 0 Å². The fraction of sp³-hybridized carbons (Fsp3) is 0.552. The lowest BCUT2D eigenvalue weighted by molar-refractivity contribution is -0.166. The minimum atomic E-state index is -2.83. The third-order valence-electron chi connectivity index (χ3n) is 9.06. The highest BCUT2D eigenvalue weighted by atomic mass is 16.3. The number of hydrogen-bond donors (Lipinski definition) is 5. The zero-order valence-electron chi connectivity index (χ0n) is 25.6. The molecule has 15 nitrogen and oxygen atoms in total. The number of aromatic hydroxyl groups is 1. The van der Waals surface area contributed by atoms with Gasteiger partial charge in [-0.3, -0.25) is 33.7 Å². The second kappa shape index (κ2) is 10.7. The van der Waals surface area contributed by atoms with Gasteiger partial charge in [0.25, 0.3) is 0 Å². The van der Waals surface area contributed by atoms with Gasteiger partial charge in [0.05, 0.1) is 29.8 Å². The number of fused-ring (bicyclic) bond motifs is 3. The van der Waals surface area contributed by atoms with Gasteiger partial charge in [0, 0.05) is 37.4 Å². The van der Waals surface area contributed by atoms with Gasteiger partial charge in [-0.15, -0.1) is 0 Å². The first-order valence-corrected chi connectivity index (χ1v) is 13.9. The van der Waals surface area contributed by atoms with E-state index in [0.717, 1.165) is 0 Å². The van der Waals surface area contributed by atoms with Gasteiger partial charge in [-0.1, -0.05) is 0 Å². The topological polar surface area (TPSA) is 246 Å². The van der Waals surface area contributed by atoms with Crippen LogP contribution in [-0.4, -0.2) is 116 Å². The summed E-state index contributed by atoms with van der Waals surface area (Å²) in [6, 6.07) is 1.80. The average Bonchev–Trinajstić information content (AvgIpc) is 2.86. The number of ketones is 4. The molecule has 2 amide bonds. The van der Waals surface area contributed by atoms with E-state index in [4.69, 9.17) is 17.2 Å². The molecule has 0 bridgehead atoms. The Balaban J connectivity index is 1.94. The highest BCUT2D eigenvalue weighted by Gasteiger charge is 2.78. The van der Waals surface area contributed by atoms with E-state index < -0.39 is 75.6 Å². The molecule has 2 saturated carbocycles. The van der Waals surface area contributed by atoms with E-state index >= 15 is 0 Å². The van der Waals surface area contributed by atoms with Crippen molar-refractivity contribution in [2.75, 3.05) is 53.7 Å². The Hall–Kier alpha value is -4.23. The number of benzene rings is 1. The summed E-state index contributed by atoms with van der Waals surface area (Å²) < 4.78 is 0. The van der Waals surface area contributed by atoms with Crippen molar-refractivity contribution in [2.24, 2.45) is 34.5 Å². The number of hydrogen-bond acceptors (Lipinski definition) is 13. The van der Waals surface area contributed by atoms with Crippen LogP contribution in [-0.2, 0) is 36.9 Å². The number of phenolic OH excluding ortho intramolecular Hbond substituents is 1. The highest BCUT2D eigenvalue weighted by molar-refractivity contribution is 6.33. The van der Waals surface area contributed by atoms with Crippen LogP contribution in [0.4, 0.5) is 5.69 Å². The van der Waals surface area contributed by atoms with Crippen molar-refractivity contribution in [1.82, 2.24) is 15.1 Å². The predicted octanol–water partition coefficient (Wildman–Crippen LogP) is -2.95. The summed E-state index contributed by atoms with van der Waals surface area (Å²) in [5.41, 5.74) is 13.0. The molecule has 0 spiro atoms. The first kappa shape index (κ1) is 32.7. The second-order valence-electron chi connectivity index (χ2n) is 12.8. The first-order chi connectivity index (χ1) is 20.3. The molecule has 0 radical (unpaired) electrons. The van der Waals surface area contributed by atoms with Gasteiger partial charge in [-0.05, 0) is 52.7 Å². The number of nitrogens with two attached hydrogens (primary N) is 3. The Morgan fingerprint density at radius 1 is 1.09 bits per heavy atom. The Labute approximate surface area is 254 Å². The number of primary amides is 1. The molecule has 0 saturated heterocycles. The SMILES string of the molecule is CN(C)CC(=O)NCc1cc(N(C)C)c2c(c1O)C(=O)C1C(=O)[C@]3(C#N)C(=O)C(C(N)=O)C(=O)[C@@H](N(C)C)[C@]3(N)C[C@]1(N)C2. The van der Waals surface area contributed by atoms with Crippen LogP contribution in [0.3, 0.4) is 0 Å². The zero-order valence-corrected chi connectivity index (χ0v) is 25.6. The third-order valence-corrected chi connectivity index (χ3v) is 9.06. The maximum Gasteiger partial charge on any atom is 0.235 e. The molecule has 3 aliphatic rings. The Morgan fingerprint density at radius 2 is 1.70 bits per heavy atom. The van der Waals surface area contributed by atoms with Crippen LogP contribution in [0.1, 0.15) is 27.9 Å². The normalized spacial score (nSPS) is 31.2. The summed E-state index contributed by atoms with van der Waals surface area (Å²) in [6.07, 6.45) is -0.696. The molecule has 0 aliphatic heterocycles. The van der Waals surface area contributed by atoms with Gasteiger partial charge in [0.15, 0.2) is 34.5 Å². The van der Waals surface area contributed by atoms with Gasteiger partial charge < -0.3 is 37.4 Å². The molecule has 15 heteroatoms. The predicted molar refractivity (Wildman–Crippen MR) is 156 cm³/mol. The number of nitrogens with zero attached hydrogens (tertiary/aromatic N) is 4. The van der Waals surface area contributed by atoms with E-state index in [2.05, 4.69) is 5.32 Å². The molecule has 1 aromatic rings. The fourth-order valence-electron chi connectivity index (χ4n) is 7.38. The molecule has 44 heavy (non-hydrogen) atoms. The molecule has 2 unspecified atom stereocenters. The molecule has 0 aromatic heterocycles. The quantitative estimate of drug-likeness (QED) is 0.194. The summed E-state index contributed by atoms with van der Waals surface area (Å²) >= 11 is 0. The minimum Gasteiger partial charge on any atom is -0.507 e. The molecule has 1 aromatic carbocycles. The number of Topliss-reactive ketones (excluding diaryl/α,β-unsaturated/α-hetero) is 4. The number of amides is 2. The number of anilines is 1. The number of nitriles is 1. The zero-order chi connectivity index (χ0) is 33.3. The third kappa shape index (κ3) is 4.40. The Kier molecular flexibility index (Phi) is 7.97. The molecule has 0 heterocycles. The maximum absolute atomic E-state index is 14.5. The molecule has 236 valence electrons. The van der Waals surface area contributed by atoms with E-state index in [1.54, 1.807) is 50.1 Å². The van der Waals surface area contributed by atoms with Crippen molar-refractivity contribution in [3.63, 3.8) is 0 Å². The summed E-state index contributed by atoms with van der Waals surface area (Å²) in [5.74, 6) is -10.7. The molecular weight excluding hydrogens is 572 g/mol. The summed E-state index contributed by atoms with van der Waals surface area (Å²) in [4.78, 5) is 85.5. The van der Waals surface area contributed by atoms with Crippen molar-refractivity contribution >= 4 is 40.6 Å². The first-order valence-electron chi connectivity index (χ1n) is 13.9. The van der Waals surface area contributed by atoms with E-state index in [-0.39, 0.29) is 36.5 Å². The van der Waals surface area contributed by atoms with Gasteiger partial charge in [-0.2, -0.15) is 5.26 Å². The Bertz CT molecular complexity index is 1550. The van der Waals surface area contributed by atoms with Gasteiger partial charge in [-0.25, -0.2) is 0 Å². The monoisotopic (exact) mass is 610 g/mol. The molecular formula is C29H38N8O7. The molecule has 6 atom stereocenters. The minimum absolute atomic E-state index is 0.0747. The lowest BCUT2D eigenvalue weighted by atomic mass is 9.42. The fourth-order valence-corrected chi connectivity index (χ4v) is 7.38. The molecule has 3 aliphatic carbocycles. The van der Waals surface area contributed by atoms with Crippen molar-refractivity contribution in [3.05, 3.63) is 22.8 Å². The number of phenols is 1. The van der Waals surface area contributed by atoms with Crippen molar-refractivity contribution in [3.8, 4) is 11.8 Å². The van der Waals surface area contributed by atoms with Crippen molar-refractivity contribution in [1.29, 1.82) is 5.26 Å². The lowest BCUT2D eigenvalue weighted by Gasteiger charge is -2.60. The molecule has 8 N–H and O–H groups in total. The summed E-state index contributed by atoms with van der Waals surface area (Å²) in [5, 5.41) is 24.6. The number of carbonyl (C=O) groups is 6. The second-order valence-corrected chi connectivity index (χ2v) is 12.8. The van der Waals surface area contributed by atoms with Crippen LogP contribution in [0, 0.1) is 28.6 Å². The number of likely N-dealkylation sites (N-methyl/N-ethyl adjacent to an activating group) is 2. The maximum atomic E-state index is 14.5. The number of rotatable bonds is 7. The van der Waals surface area contributed by atoms with Crippen molar-refractivity contribution < 1.29 is 33.9 Å². The largest absolute Gasteiger partial charge is 0.507 e. The van der Waals surface area contributed by atoms with Crippen LogP contribution >= 0.6 is 0 Å². The van der Waals surface area contributed by atoms with E-state index in [1.807, 2.05) is 0 Å². The highest BCUT2D eigenvalue weighted by Crippen LogP contribution is 2.57. The van der Waals surface area contributed by atoms with Crippen molar-refractivity contribution in [2.45, 2.75) is 36.5 Å². The van der Waals surface area contributed by atoms with E-state index in [0.29, 0.717) is 11.3 Å². The lowest BCUT2D eigenvalue weighted by Crippen LogP contribution is -2.85. The number of nitrogens with one attached hydrogen (secondary N) is 1.